The zero-order chi connectivity index (χ0) is 28.9. The fourth-order valence-corrected chi connectivity index (χ4v) is 4.56. The largest absolute Gasteiger partial charge is 0.494 e. The van der Waals surface area contributed by atoms with E-state index >= 15 is 0 Å². The summed E-state index contributed by atoms with van der Waals surface area (Å²) < 4.78 is 29.5. The molecule has 2 aromatic heterocycles. The third-order valence-corrected chi connectivity index (χ3v) is 6.47. The van der Waals surface area contributed by atoms with Crippen LogP contribution in [-0.4, -0.2) is 50.9 Å². The first-order valence-corrected chi connectivity index (χ1v) is 13.3. The third-order valence-electron chi connectivity index (χ3n) is 6.47. The fraction of sp³-hybridized carbons (Fsp3) is 0.500. The number of carbonyl (C=O) groups excluding carboxylic acids is 2. The van der Waals surface area contributed by atoms with Crippen LogP contribution in [0.4, 0.5) is 9.18 Å². The second-order valence-corrected chi connectivity index (χ2v) is 10.9. The van der Waals surface area contributed by atoms with Crippen molar-refractivity contribution >= 4 is 12.0 Å². The monoisotopic (exact) mass is 554 g/mol. The SMILES string of the molecule is COc1cc(CNC(=O)c2cc(-c3noc(CC4CCC(NC(=O)OC(C)(C)C)CC4)n3)nc(C)n2)ccc1F. The lowest BCUT2D eigenvalue weighted by atomic mass is 9.84. The van der Waals surface area contributed by atoms with E-state index < -0.39 is 17.3 Å². The van der Waals surface area contributed by atoms with Gasteiger partial charge in [0.25, 0.3) is 5.91 Å². The number of benzene rings is 1. The minimum Gasteiger partial charge on any atom is -0.494 e. The molecule has 0 saturated heterocycles. The Balaban J connectivity index is 1.32. The van der Waals surface area contributed by atoms with Gasteiger partial charge in [0.1, 0.15) is 22.8 Å². The number of halogens is 1. The Labute approximate surface area is 232 Å². The average molecular weight is 555 g/mol. The van der Waals surface area contributed by atoms with Crippen molar-refractivity contribution in [2.75, 3.05) is 7.11 Å². The molecule has 40 heavy (non-hydrogen) atoms. The molecular weight excluding hydrogens is 519 g/mol. The van der Waals surface area contributed by atoms with E-state index in [1.165, 1.54) is 25.3 Å². The molecule has 0 atom stereocenters. The van der Waals surface area contributed by atoms with Crippen molar-refractivity contribution in [3.8, 4) is 17.3 Å². The number of hydrogen-bond donors (Lipinski definition) is 2. The van der Waals surface area contributed by atoms with E-state index in [9.17, 15) is 14.0 Å². The molecule has 2 N–H and O–H groups in total. The third kappa shape index (κ3) is 7.96. The van der Waals surface area contributed by atoms with Crippen molar-refractivity contribution in [2.45, 2.75) is 78.0 Å². The van der Waals surface area contributed by atoms with Crippen molar-refractivity contribution in [1.82, 2.24) is 30.7 Å². The number of nitrogens with zero attached hydrogens (tertiary/aromatic N) is 4. The summed E-state index contributed by atoms with van der Waals surface area (Å²) in [6, 6.07) is 5.98. The molecule has 1 fully saturated rings. The normalized spacial score (nSPS) is 17.2. The van der Waals surface area contributed by atoms with Gasteiger partial charge in [0.15, 0.2) is 11.6 Å². The van der Waals surface area contributed by atoms with E-state index in [2.05, 4.69) is 30.7 Å². The van der Waals surface area contributed by atoms with Crippen molar-refractivity contribution < 1.29 is 28.0 Å². The molecule has 214 valence electrons. The van der Waals surface area contributed by atoms with Crippen LogP contribution in [0, 0.1) is 18.7 Å². The van der Waals surface area contributed by atoms with Gasteiger partial charge in [-0.05, 0) is 83.1 Å². The zero-order valence-corrected chi connectivity index (χ0v) is 23.4. The lowest BCUT2D eigenvalue weighted by Crippen LogP contribution is -2.41. The number of alkyl carbamates (subject to hydrolysis) is 1. The highest BCUT2D eigenvalue weighted by Crippen LogP contribution is 2.28. The van der Waals surface area contributed by atoms with Crippen LogP contribution in [0.2, 0.25) is 0 Å². The van der Waals surface area contributed by atoms with E-state index in [-0.39, 0.29) is 35.9 Å². The van der Waals surface area contributed by atoms with Crippen LogP contribution in [0.15, 0.2) is 28.8 Å². The van der Waals surface area contributed by atoms with Crippen molar-refractivity contribution in [1.29, 1.82) is 0 Å². The highest BCUT2D eigenvalue weighted by atomic mass is 19.1. The minimum atomic E-state index is -0.525. The predicted octanol–water partition coefficient (Wildman–Crippen LogP) is 4.54. The zero-order valence-electron chi connectivity index (χ0n) is 23.4. The van der Waals surface area contributed by atoms with Crippen LogP contribution in [0.5, 0.6) is 5.75 Å². The average Bonchev–Trinajstić information content (AvgIpc) is 3.36. The lowest BCUT2D eigenvalue weighted by molar-refractivity contribution is 0.0486. The Hall–Kier alpha value is -4.09. The number of rotatable bonds is 8. The number of hydrogen-bond acceptors (Lipinski definition) is 9. The summed E-state index contributed by atoms with van der Waals surface area (Å²) in [5.41, 5.74) is 0.678. The van der Waals surface area contributed by atoms with Gasteiger partial charge in [0.05, 0.1) is 7.11 Å². The highest BCUT2D eigenvalue weighted by molar-refractivity contribution is 5.93. The van der Waals surface area contributed by atoms with Gasteiger partial charge in [-0.25, -0.2) is 19.2 Å². The molecule has 0 unspecified atom stereocenters. The molecule has 1 aliphatic carbocycles. The molecule has 2 heterocycles. The molecule has 0 radical (unpaired) electrons. The van der Waals surface area contributed by atoms with Crippen LogP contribution < -0.4 is 15.4 Å². The Morgan fingerprint density at radius 3 is 2.55 bits per heavy atom. The number of aromatic nitrogens is 4. The Kier molecular flexibility index (Phi) is 8.96. The second kappa shape index (κ2) is 12.4. The van der Waals surface area contributed by atoms with E-state index in [0.717, 1.165) is 25.7 Å². The molecule has 3 aromatic rings. The number of amides is 2. The van der Waals surface area contributed by atoms with E-state index in [1.54, 1.807) is 13.0 Å². The number of methoxy groups -OCH3 is 1. The predicted molar refractivity (Wildman–Crippen MR) is 143 cm³/mol. The first-order chi connectivity index (χ1) is 19.0. The van der Waals surface area contributed by atoms with Crippen LogP contribution >= 0.6 is 0 Å². The minimum absolute atomic E-state index is 0.0861. The van der Waals surface area contributed by atoms with Crippen LogP contribution in [0.3, 0.4) is 0 Å². The summed E-state index contributed by atoms with van der Waals surface area (Å²) in [4.78, 5) is 38.0. The number of carbonyl (C=O) groups is 2. The fourth-order valence-electron chi connectivity index (χ4n) is 4.56. The summed E-state index contributed by atoms with van der Waals surface area (Å²) in [6.07, 6.45) is 3.74. The molecule has 1 aromatic carbocycles. The van der Waals surface area contributed by atoms with Crippen LogP contribution in [0.1, 0.15) is 74.2 Å². The number of ether oxygens (including phenoxy) is 2. The van der Waals surface area contributed by atoms with Crippen molar-refractivity contribution in [3.63, 3.8) is 0 Å². The van der Waals surface area contributed by atoms with Gasteiger partial charge in [-0.2, -0.15) is 4.98 Å². The quantitative estimate of drug-likeness (QED) is 0.410. The van der Waals surface area contributed by atoms with E-state index in [0.29, 0.717) is 35.3 Å². The number of nitrogens with one attached hydrogen (secondary N) is 2. The second-order valence-electron chi connectivity index (χ2n) is 10.9. The maximum Gasteiger partial charge on any atom is 0.407 e. The standard InChI is InChI=1S/C28H35FN6O5/c1-16-31-21(14-22(32-16)26(36)30-15-18-8-11-20(29)23(12-18)38-5)25-34-24(40-35-25)13-17-6-9-19(10-7-17)33-27(37)39-28(2,3)4/h8,11-12,14,17,19H,6-7,9-10,13,15H2,1-5H3,(H,30,36)(H,33,37). The Morgan fingerprint density at radius 1 is 1.10 bits per heavy atom. The lowest BCUT2D eigenvalue weighted by Gasteiger charge is -2.29. The molecule has 11 nitrogen and oxygen atoms in total. The molecule has 0 aliphatic heterocycles. The maximum atomic E-state index is 13.7. The summed E-state index contributed by atoms with van der Waals surface area (Å²) in [5.74, 6) is 0.706. The molecule has 1 saturated carbocycles. The van der Waals surface area contributed by atoms with Gasteiger partial charge < -0.3 is 24.6 Å². The van der Waals surface area contributed by atoms with Gasteiger partial charge in [-0.15, -0.1) is 0 Å². The van der Waals surface area contributed by atoms with Crippen molar-refractivity contribution in [3.05, 3.63) is 53.1 Å². The Morgan fingerprint density at radius 2 is 1.85 bits per heavy atom. The molecule has 4 rings (SSSR count). The topological polar surface area (TPSA) is 141 Å². The molecule has 0 bridgehead atoms. The molecule has 12 heteroatoms. The summed E-state index contributed by atoms with van der Waals surface area (Å²) in [7, 11) is 1.38. The van der Waals surface area contributed by atoms with E-state index in [1.807, 2.05) is 20.8 Å². The smallest absolute Gasteiger partial charge is 0.407 e. The first kappa shape index (κ1) is 28.9. The van der Waals surface area contributed by atoms with Gasteiger partial charge in [0, 0.05) is 19.0 Å². The van der Waals surface area contributed by atoms with Gasteiger partial charge >= 0.3 is 6.09 Å². The molecule has 0 spiro atoms. The maximum absolute atomic E-state index is 13.7. The Bertz CT molecular complexity index is 1350. The summed E-state index contributed by atoms with van der Waals surface area (Å²) in [6.45, 7) is 7.36. The van der Waals surface area contributed by atoms with Gasteiger partial charge in [-0.3, -0.25) is 4.79 Å². The summed E-state index contributed by atoms with van der Waals surface area (Å²) in [5, 5.41) is 9.79. The highest BCUT2D eigenvalue weighted by Gasteiger charge is 2.26. The molecule has 1 aliphatic rings. The summed E-state index contributed by atoms with van der Waals surface area (Å²) >= 11 is 0. The van der Waals surface area contributed by atoms with Gasteiger partial charge in [0.2, 0.25) is 11.7 Å². The number of aryl methyl sites for hydroxylation is 1. The molecular formula is C28H35FN6O5. The van der Waals surface area contributed by atoms with Gasteiger partial charge in [-0.1, -0.05) is 11.2 Å². The van der Waals surface area contributed by atoms with Crippen LogP contribution in [-0.2, 0) is 17.7 Å². The van der Waals surface area contributed by atoms with Crippen LogP contribution in [0.25, 0.3) is 11.5 Å². The van der Waals surface area contributed by atoms with E-state index in [4.69, 9.17) is 14.0 Å². The van der Waals surface area contributed by atoms with Crippen molar-refractivity contribution in [2.24, 2.45) is 5.92 Å². The molecule has 2 amide bonds. The first-order valence-electron chi connectivity index (χ1n) is 13.3.